The molecule has 1 rings (SSSR count). The van der Waals surface area contributed by atoms with Crippen molar-refractivity contribution in [1.29, 1.82) is 0 Å². The molecule has 0 aromatic carbocycles. The molecule has 0 saturated carbocycles. The number of allylic oxidation sites excluding steroid dienone is 2. The Hall–Kier alpha value is -1.44. The quantitative estimate of drug-likeness (QED) is 0.839. The molecule has 0 amide bonds. The third kappa shape index (κ3) is 6.00. The molecule has 0 aliphatic carbocycles. The topological polar surface area (TPSA) is 81.4 Å². The zero-order chi connectivity index (χ0) is 13.6. The molecule has 0 bridgehead atoms. The highest BCUT2D eigenvalue weighted by Gasteiger charge is 2.01. The fourth-order valence-electron chi connectivity index (χ4n) is 0.927. The van der Waals surface area contributed by atoms with Crippen molar-refractivity contribution in [2.75, 3.05) is 7.11 Å². The summed E-state index contributed by atoms with van der Waals surface area (Å²) in [7, 11) is -3.29. The van der Waals surface area contributed by atoms with E-state index in [0.29, 0.717) is 0 Å². The summed E-state index contributed by atoms with van der Waals surface area (Å²) in [5.74, 6) is 0.887. The third-order valence-electron chi connectivity index (χ3n) is 1.64. The van der Waals surface area contributed by atoms with Crippen LogP contribution in [0.3, 0.4) is 0 Å². The zero-order valence-corrected chi connectivity index (χ0v) is 10.9. The number of hydrogen-bond acceptors (Lipinski definition) is 4. The molecule has 0 aliphatic heterocycles. The Balaban J connectivity index is 0.000000366. The summed E-state index contributed by atoms with van der Waals surface area (Å²) in [6, 6.07) is 0. The third-order valence-corrected chi connectivity index (χ3v) is 2.07. The van der Waals surface area contributed by atoms with E-state index >= 15 is 0 Å². The standard InChI is InChI=1S/C9H12N2.CH4O4S/c1-7(2)9-10-5-6-11(9)8(3)4;1-5-6(2,3)4/h5-6H,1,3H2,2,4H3;1H3,(H,2,3,4). The molecular formula is C10H16N2O4S. The second-order valence-electron chi connectivity index (χ2n) is 3.23. The van der Waals surface area contributed by atoms with Crippen LogP contribution in [-0.4, -0.2) is 29.6 Å². The van der Waals surface area contributed by atoms with Gasteiger partial charge in [0.1, 0.15) is 5.82 Å². The van der Waals surface area contributed by atoms with Gasteiger partial charge >= 0.3 is 10.4 Å². The summed E-state index contributed by atoms with van der Waals surface area (Å²) in [5.41, 5.74) is 1.92. The van der Waals surface area contributed by atoms with Gasteiger partial charge < -0.3 is 4.57 Å². The highest BCUT2D eigenvalue weighted by atomic mass is 32.3. The average molecular weight is 260 g/mol. The maximum Gasteiger partial charge on any atom is 0.397 e. The Morgan fingerprint density at radius 3 is 2.18 bits per heavy atom. The molecular weight excluding hydrogens is 244 g/mol. The van der Waals surface area contributed by atoms with E-state index in [9.17, 15) is 8.42 Å². The van der Waals surface area contributed by atoms with Crippen molar-refractivity contribution in [3.8, 4) is 0 Å². The second-order valence-corrected chi connectivity index (χ2v) is 4.42. The monoisotopic (exact) mass is 260 g/mol. The molecule has 1 aromatic rings. The van der Waals surface area contributed by atoms with E-state index in [-0.39, 0.29) is 0 Å². The summed E-state index contributed by atoms with van der Waals surface area (Å²) in [6.45, 7) is 11.5. The minimum atomic E-state index is -4.16. The Kier molecular flexibility index (Phi) is 5.80. The van der Waals surface area contributed by atoms with Crippen LogP contribution in [-0.2, 0) is 14.6 Å². The van der Waals surface area contributed by atoms with Gasteiger partial charge in [-0.05, 0) is 19.4 Å². The van der Waals surface area contributed by atoms with Crippen LogP contribution in [0, 0.1) is 0 Å². The predicted octanol–water partition coefficient (Wildman–Crippen LogP) is 1.84. The molecule has 0 atom stereocenters. The van der Waals surface area contributed by atoms with Crippen LogP contribution in [0.4, 0.5) is 0 Å². The first kappa shape index (κ1) is 15.6. The van der Waals surface area contributed by atoms with Gasteiger partial charge in [0.05, 0.1) is 7.11 Å². The van der Waals surface area contributed by atoms with Crippen LogP contribution in [0.5, 0.6) is 0 Å². The first-order valence-electron chi connectivity index (χ1n) is 4.57. The number of rotatable bonds is 3. The lowest BCUT2D eigenvalue weighted by Crippen LogP contribution is -1.96. The molecule has 0 saturated heterocycles. The van der Waals surface area contributed by atoms with Crippen LogP contribution in [0.1, 0.15) is 19.7 Å². The molecule has 1 aromatic heterocycles. The molecule has 0 aliphatic rings. The summed E-state index contributed by atoms with van der Waals surface area (Å²) in [4.78, 5) is 4.14. The molecule has 1 N–H and O–H groups in total. The van der Waals surface area contributed by atoms with E-state index < -0.39 is 10.4 Å². The summed E-state index contributed by atoms with van der Waals surface area (Å²) in [6.07, 6.45) is 3.63. The molecule has 0 unspecified atom stereocenters. The average Bonchev–Trinajstić information content (AvgIpc) is 2.65. The Morgan fingerprint density at radius 1 is 1.47 bits per heavy atom. The summed E-state index contributed by atoms with van der Waals surface area (Å²) in [5, 5.41) is 0. The van der Waals surface area contributed by atoms with Crippen LogP contribution < -0.4 is 0 Å². The number of aromatic nitrogens is 2. The van der Waals surface area contributed by atoms with Crippen molar-refractivity contribution in [3.05, 3.63) is 31.4 Å². The smallest absolute Gasteiger partial charge is 0.305 e. The van der Waals surface area contributed by atoms with Crippen LogP contribution in [0.2, 0.25) is 0 Å². The summed E-state index contributed by atoms with van der Waals surface area (Å²) < 4.78 is 31.6. The van der Waals surface area contributed by atoms with Crippen molar-refractivity contribution in [1.82, 2.24) is 9.55 Å². The molecule has 17 heavy (non-hydrogen) atoms. The maximum absolute atomic E-state index is 9.33. The van der Waals surface area contributed by atoms with E-state index in [1.165, 1.54) is 0 Å². The highest BCUT2D eigenvalue weighted by molar-refractivity contribution is 7.80. The number of nitrogens with zero attached hydrogens (tertiary/aromatic N) is 2. The van der Waals surface area contributed by atoms with Crippen molar-refractivity contribution < 1.29 is 17.2 Å². The van der Waals surface area contributed by atoms with Crippen LogP contribution in [0.25, 0.3) is 11.3 Å². The van der Waals surface area contributed by atoms with Gasteiger partial charge in [-0.2, -0.15) is 8.42 Å². The Labute approximate surface area is 101 Å². The van der Waals surface area contributed by atoms with Gasteiger partial charge in [-0.15, -0.1) is 0 Å². The van der Waals surface area contributed by atoms with Crippen molar-refractivity contribution >= 4 is 21.7 Å². The first-order valence-corrected chi connectivity index (χ1v) is 5.93. The molecule has 0 radical (unpaired) electrons. The first-order chi connectivity index (χ1) is 7.69. The van der Waals surface area contributed by atoms with E-state index in [1.807, 2.05) is 24.6 Å². The predicted molar refractivity (Wildman–Crippen MR) is 66.5 cm³/mol. The number of hydrogen-bond donors (Lipinski definition) is 1. The van der Waals surface area contributed by atoms with Crippen LogP contribution >= 0.6 is 0 Å². The van der Waals surface area contributed by atoms with Gasteiger partial charge in [0.2, 0.25) is 0 Å². The van der Waals surface area contributed by atoms with E-state index in [1.54, 1.807) is 6.20 Å². The minimum Gasteiger partial charge on any atom is -0.305 e. The molecule has 7 heteroatoms. The lowest BCUT2D eigenvalue weighted by molar-refractivity contribution is 0.324. The fraction of sp³-hybridized carbons (Fsp3) is 0.300. The lowest BCUT2D eigenvalue weighted by Gasteiger charge is -2.04. The normalized spacial score (nSPS) is 10.4. The number of imidazole rings is 1. The van der Waals surface area contributed by atoms with Crippen molar-refractivity contribution in [3.63, 3.8) is 0 Å². The second kappa shape index (κ2) is 6.33. The van der Waals surface area contributed by atoms with E-state index in [2.05, 4.69) is 22.3 Å². The lowest BCUT2D eigenvalue weighted by atomic mass is 10.3. The Bertz CT molecular complexity index is 474. The minimum absolute atomic E-state index is 0.870. The Morgan fingerprint density at radius 2 is 1.94 bits per heavy atom. The fourth-order valence-corrected chi connectivity index (χ4v) is 0.927. The van der Waals surface area contributed by atoms with Gasteiger partial charge in [-0.25, -0.2) is 4.98 Å². The van der Waals surface area contributed by atoms with Gasteiger partial charge in [0, 0.05) is 18.1 Å². The van der Waals surface area contributed by atoms with Crippen molar-refractivity contribution in [2.24, 2.45) is 0 Å². The molecule has 6 nitrogen and oxygen atoms in total. The zero-order valence-electron chi connectivity index (χ0n) is 10.0. The van der Waals surface area contributed by atoms with Crippen molar-refractivity contribution in [2.45, 2.75) is 13.8 Å². The van der Waals surface area contributed by atoms with Gasteiger partial charge in [0.25, 0.3) is 0 Å². The molecule has 96 valence electrons. The van der Waals surface area contributed by atoms with Crippen LogP contribution in [0.15, 0.2) is 25.6 Å². The van der Waals surface area contributed by atoms with Gasteiger partial charge in [0.15, 0.2) is 0 Å². The molecule has 0 spiro atoms. The maximum atomic E-state index is 9.33. The van der Waals surface area contributed by atoms with Gasteiger partial charge in [-0.3, -0.25) is 8.74 Å². The molecule has 0 fully saturated rings. The summed E-state index contributed by atoms with van der Waals surface area (Å²) >= 11 is 0. The SMILES string of the molecule is C=C(C)c1nccn1C(=C)C.COS(=O)(=O)O. The largest absolute Gasteiger partial charge is 0.397 e. The van der Waals surface area contributed by atoms with Gasteiger partial charge in [-0.1, -0.05) is 13.2 Å². The highest BCUT2D eigenvalue weighted by Crippen LogP contribution is 2.12. The van der Waals surface area contributed by atoms with E-state index in [4.69, 9.17) is 4.55 Å². The van der Waals surface area contributed by atoms with E-state index in [0.717, 1.165) is 24.2 Å². The molecule has 1 heterocycles.